The predicted octanol–water partition coefficient (Wildman–Crippen LogP) is 8.84. The maximum Gasteiger partial charge on any atom is 0.407 e. The van der Waals surface area contributed by atoms with E-state index in [4.69, 9.17) is 9.72 Å². The number of ether oxygens (including phenoxy) is 1. The molecular weight excluding hydrogens is 733 g/mol. The van der Waals surface area contributed by atoms with Gasteiger partial charge in [-0.15, -0.1) is 37.2 Å². The van der Waals surface area contributed by atoms with Crippen molar-refractivity contribution in [2.45, 2.75) is 64.6 Å². The number of alkyl carbamates (subject to hydrolysis) is 1. The molecule has 2 aliphatic heterocycles. The summed E-state index contributed by atoms with van der Waals surface area (Å²) in [7, 11) is 1.31. The standard InChI is InChI=1S/C40H45N7O3.3ClH/c1-24(2)36(46-40(49)50-4)39(48)47-19-9-13-34(47)38-43-23-33(45-38)29-20-25(3)35(30(21-29)26-10-6-5-7-11-26)28-16-14-27(15-17-28)32-22-42-37(44-32)31-12-8-18-41-31;;;/h5-7,10-11,14-17,20-24,31,34,36,41H,8-9,12-13,18-19H2,1-4H3,(H,42,44)(H,43,45)(H,46,49);3*1H/t31-,34-,36-;;;/m0.../s1. The quantitative estimate of drug-likeness (QED) is 0.118. The number of carbonyl (C=O) groups excluding carboxylic acids is 2. The van der Waals surface area contributed by atoms with E-state index in [0.717, 1.165) is 82.2 Å². The second kappa shape index (κ2) is 18.1. The van der Waals surface area contributed by atoms with Gasteiger partial charge in [0.2, 0.25) is 5.91 Å². The summed E-state index contributed by atoms with van der Waals surface area (Å²) in [5.74, 6) is 1.53. The summed E-state index contributed by atoms with van der Waals surface area (Å²) in [6, 6.07) is 23.0. The van der Waals surface area contributed by atoms with Gasteiger partial charge in [-0.1, -0.05) is 68.4 Å². The van der Waals surface area contributed by atoms with Gasteiger partial charge in [-0.05, 0) is 90.6 Å². The van der Waals surface area contributed by atoms with E-state index < -0.39 is 12.1 Å². The summed E-state index contributed by atoms with van der Waals surface area (Å²) in [6.07, 6.45) is 7.12. The van der Waals surface area contributed by atoms with Crippen LogP contribution >= 0.6 is 37.2 Å². The van der Waals surface area contributed by atoms with Crippen LogP contribution < -0.4 is 10.6 Å². The molecule has 0 bridgehead atoms. The molecule has 282 valence electrons. The SMILES string of the molecule is COC(=O)N[C@H](C(=O)N1CCC[C@H]1c1ncc(-c2cc(C)c(-c3ccc(-c4cnc([C@@H]5CCCN5)[nH]4)cc3)c(-c3ccccc3)c2)[nH]1)C(C)C.Cl.Cl.Cl. The lowest BCUT2D eigenvalue weighted by atomic mass is 9.88. The molecule has 2 saturated heterocycles. The van der Waals surface area contributed by atoms with Crippen molar-refractivity contribution in [3.8, 4) is 44.8 Å². The van der Waals surface area contributed by atoms with Crippen molar-refractivity contribution in [1.29, 1.82) is 0 Å². The molecule has 3 atom stereocenters. The normalized spacial score (nSPS) is 17.0. The molecule has 5 aromatic rings. The lowest BCUT2D eigenvalue weighted by Crippen LogP contribution is -2.51. The molecule has 2 amide bonds. The van der Waals surface area contributed by atoms with Crippen LogP contribution in [0, 0.1) is 12.8 Å². The number of aromatic amines is 2. The third-order valence-corrected chi connectivity index (χ3v) is 10.0. The molecule has 2 aromatic heterocycles. The highest BCUT2D eigenvalue weighted by Crippen LogP contribution is 2.40. The molecule has 53 heavy (non-hydrogen) atoms. The first-order valence-corrected chi connectivity index (χ1v) is 17.6. The fourth-order valence-electron chi connectivity index (χ4n) is 7.41. The maximum atomic E-state index is 13.7. The van der Waals surface area contributed by atoms with Crippen LogP contribution in [0.5, 0.6) is 0 Å². The number of aromatic nitrogens is 4. The Labute approximate surface area is 329 Å². The number of hydrogen-bond acceptors (Lipinski definition) is 6. The van der Waals surface area contributed by atoms with Gasteiger partial charge in [0.25, 0.3) is 0 Å². The number of amides is 2. The minimum atomic E-state index is -0.679. The van der Waals surface area contributed by atoms with Gasteiger partial charge in [0.1, 0.15) is 17.7 Å². The average molecular weight is 781 g/mol. The third-order valence-electron chi connectivity index (χ3n) is 10.0. The van der Waals surface area contributed by atoms with Crippen LogP contribution in [0.4, 0.5) is 4.79 Å². The predicted molar refractivity (Wildman–Crippen MR) is 217 cm³/mol. The van der Waals surface area contributed by atoms with Crippen LogP contribution in [0.2, 0.25) is 0 Å². The maximum absolute atomic E-state index is 13.7. The van der Waals surface area contributed by atoms with E-state index in [-0.39, 0.29) is 55.1 Å². The second-order valence-electron chi connectivity index (χ2n) is 13.7. The number of halogens is 3. The smallest absolute Gasteiger partial charge is 0.407 e. The van der Waals surface area contributed by atoms with Crippen LogP contribution in [0.3, 0.4) is 0 Å². The number of nitrogens with one attached hydrogen (secondary N) is 4. The number of carbonyl (C=O) groups is 2. The Morgan fingerprint density at radius 2 is 1.49 bits per heavy atom. The van der Waals surface area contributed by atoms with E-state index in [1.807, 2.05) is 37.2 Å². The van der Waals surface area contributed by atoms with Gasteiger partial charge in [-0.25, -0.2) is 14.8 Å². The van der Waals surface area contributed by atoms with Crippen molar-refractivity contribution in [2.24, 2.45) is 5.92 Å². The van der Waals surface area contributed by atoms with Gasteiger partial charge in [0, 0.05) is 12.1 Å². The molecule has 4 N–H and O–H groups in total. The van der Waals surface area contributed by atoms with Crippen molar-refractivity contribution >= 4 is 49.2 Å². The topological polar surface area (TPSA) is 128 Å². The molecule has 2 fully saturated rings. The minimum absolute atomic E-state index is 0. The van der Waals surface area contributed by atoms with E-state index in [9.17, 15) is 9.59 Å². The van der Waals surface area contributed by atoms with Crippen LogP contribution in [0.25, 0.3) is 44.8 Å². The second-order valence-corrected chi connectivity index (χ2v) is 13.7. The third kappa shape index (κ3) is 8.73. The number of benzene rings is 3. The summed E-state index contributed by atoms with van der Waals surface area (Å²) in [5.41, 5.74) is 9.76. The lowest BCUT2D eigenvalue weighted by Gasteiger charge is -2.30. The van der Waals surface area contributed by atoms with Crippen molar-refractivity contribution < 1.29 is 14.3 Å². The van der Waals surface area contributed by atoms with Gasteiger partial charge < -0.3 is 30.2 Å². The lowest BCUT2D eigenvalue weighted by molar-refractivity contribution is -0.135. The van der Waals surface area contributed by atoms with E-state index in [0.29, 0.717) is 12.6 Å². The van der Waals surface area contributed by atoms with Gasteiger partial charge in [0.15, 0.2) is 0 Å². The van der Waals surface area contributed by atoms with E-state index in [1.165, 1.54) is 19.1 Å². The van der Waals surface area contributed by atoms with Crippen LogP contribution in [-0.4, -0.2) is 63.1 Å². The number of nitrogens with zero attached hydrogens (tertiary/aromatic N) is 3. The molecule has 13 heteroatoms. The largest absolute Gasteiger partial charge is 0.453 e. The summed E-state index contributed by atoms with van der Waals surface area (Å²) in [6.45, 7) is 7.64. The summed E-state index contributed by atoms with van der Waals surface area (Å²) in [4.78, 5) is 44.1. The molecule has 10 nitrogen and oxygen atoms in total. The highest BCUT2D eigenvalue weighted by atomic mass is 35.5. The highest BCUT2D eigenvalue weighted by molar-refractivity contribution is 5.90. The number of imidazole rings is 2. The van der Waals surface area contributed by atoms with Crippen molar-refractivity contribution in [2.75, 3.05) is 20.2 Å². The number of aryl methyl sites for hydroxylation is 1. The van der Waals surface area contributed by atoms with E-state index in [1.54, 1.807) is 0 Å². The van der Waals surface area contributed by atoms with Gasteiger partial charge in [0.05, 0.1) is 43.0 Å². The van der Waals surface area contributed by atoms with Crippen LogP contribution in [0.15, 0.2) is 79.1 Å². The van der Waals surface area contributed by atoms with E-state index >= 15 is 0 Å². The zero-order valence-corrected chi connectivity index (χ0v) is 32.8. The van der Waals surface area contributed by atoms with E-state index in [2.05, 4.69) is 93.2 Å². The van der Waals surface area contributed by atoms with Crippen molar-refractivity contribution in [3.05, 3.63) is 96.3 Å². The molecule has 0 unspecified atom stereocenters. The minimum Gasteiger partial charge on any atom is -0.453 e. The number of methoxy groups -OCH3 is 1. The molecular formula is C40H48Cl3N7O3. The number of H-pyrrole nitrogens is 2. The Morgan fingerprint density at radius 1 is 0.830 bits per heavy atom. The average Bonchev–Trinajstić information content (AvgIpc) is 3.97. The molecule has 4 heterocycles. The Hall–Kier alpha value is -4.35. The highest BCUT2D eigenvalue weighted by Gasteiger charge is 2.37. The van der Waals surface area contributed by atoms with Gasteiger partial charge in [-0.2, -0.15) is 0 Å². The fraction of sp³-hybridized carbons (Fsp3) is 0.350. The first kappa shape index (κ1) is 41.4. The molecule has 0 radical (unpaired) electrons. The molecule has 2 aliphatic rings. The molecule has 0 saturated carbocycles. The van der Waals surface area contributed by atoms with Gasteiger partial charge >= 0.3 is 6.09 Å². The number of likely N-dealkylation sites (tertiary alicyclic amines) is 1. The summed E-state index contributed by atoms with van der Waals surface area (Å²) in [5, 5.41) is 6.24. The molecule has 0 aliphatic carbocycles. The molecule has 7 rings (SSSR count). The Balaban J connectivity index is 0.00000209. The first-order chi connectivity index (χ1) is 24.3. The monoisotopic (exact) mass is 779 g/mol. The Kier molecular flexibility index (Phi) is 14.2. The number of hydrogen-bond donors (Lipinski definition) is 4. The zero-order valence-electron chi connectivity index (χ0n) is 30.3. The fourth-order valence-corrected chi connectivity index (χ4v) is 7.41. The number of rotatable bonds is 9. The molecule has 0 spiro atoms. The van der Waals surface area contributed by atoms with Crippen molar-refractivity contribution in [1.82, 2.24) is 35.5 Å². The summed E-state index contributed by atoms with van der Waals surface area (Å²) >= 11 is 0. The summed E-state index contributed by atoms with van der Waals surface area (Å²) < 4.78 is 4.79. The van der Waals surface area contributed by atoms with Crippen molar-refractivity contribution in [3.63, 3.8) is 0 Å². The Bertz CT molecular complexity index is 1980. The van der Waals surface area contributed by atoms with Crippen LogP contribution in [0.1, 0.15) is 68.8 Å². The van der Waals surface area contributed by atoms with Crippen LogP contribution in [-0.2, 0) is 9.53 Å². The first-order valence-electron chi connectivity index (χ1n) is 17.6. The zero-order chi connectivity index (χ0) is 34.8. The van der Waals surface area contributed by atoms with Gasteiger partial charge in [-0.3, -0.25) is 4.79 Å². The molecule has 3 aromatic carbocycles. The Morgan fingerprint density at radius 3 is 2.15 bits per heavy atom.